The predicted octanol–water partition coefficient (Wildman–Crippen LogP) is 3.27. The van der Waals surface area contributed by atoms with Gasteiger partial charge in [-0.3, -0.25) is 4.98 Å². The van der Waals surface area contributed by atoms with Gasteiger partial charge in [0.25, 0.3) is 0 Å². The quantitative estimate of drug-likeness (QED) is 0.865. The molecule has 15 heavy (non-hydrogen) atoms. The molecule has 0 aliphatic rings. The molecule has 1 N–H and O–H groups in total. The Labute approximate surface area is 97.1 Å². The molecule has 78 valence electrons. The summed E-state index contributed by atoms with van der Waals surface area (Å²) in [6, 6.07) is 7.65. The molecule has 3 heteroatoms. The molecule has 1 aromatic heterocycles. The molecule has 0 spiro atoms. The zero-order chi connectivity index (χ0) is 10.7. The predicted molar refractivity (Wildman–Crippen MR) is 65.5 cm³/mol. The number of hydrogen-bond acceptors (Lipinski definition) is 2. The van der Waals surface area contributed by atoms with Gasteiger partial charge >= 0.3 is 0 Å². The molecular weight excluding hydrogens is 254 g/mol. The highest BCUT2D eigenvalue weighted by Gasteiger charge is 2.05. The lowest BCUT2D eigenvalue weighted by molar-refractivity contribution is 0.474. The van der Waals surface area contributed by atoms with E-state index in [9.17, 15) is 5.11 Å². The molecule has 2 aromatic rings. The number of aromatic hydroxyl groups is 1. The highest BCUT2D eigenvalue weighted by Crippen LogP contribution is 2.28. The van der Waals surface area contributed by atoms with E-state index >= 15 is 0 Å². The monoisotopic (exact) mass is 265 g/mol. The van der Waals surface area contributed by atoms with Crippen LogP contribution in [0.5, 0.6) is 5.75 Å². The van der Waals surface area contributed by atoms with Crippen LogP contribution in [0.1, 0.15) is 12.0 Å². The van der Waals surface area contributed by atoms with Crippen molar-refractivity contribution in [3.05, 3.63) is 36.0 Å². The summed E-state index contributed by atoms with van der Waals surface area (Å²) in [6.07, 6.45) is 3.65. The van der Waals surface area contributed by atoms with E-state index in [1.807, 2.05) is 24.3 Å². The number of hydrogen-bond donors (Lipinski definition) is 1. The van der Waals surface area contributed by atoms with Crippen LogP contribution >= 0.6 is 15.9 Å². The smallest absolute Gasteiger partial charge is 0.128 e. The lowest BCUT2D eigenvalue weighted by atomic mass is 10.1. The fourth-order valence-electron chi connectivity index (χ4n) is 1.64. The summed E-state index contributed by atoms with van der Waals surface area (Å²) < 4.78 is 0. The first kappa shape index (κ1) is 10.4. The Kier molecular flexibility index (Phi) is 3.21. The first-order chi connectivity index (χ1) is 7.33. The van der Waals surface area contributed by atoms with Gasteiger partial charge in [0, 0.05) is 16.9 Å². The summed E-state index contributed by atoms with van der Waals surface area (Å²) in [5.74, 6) is 0.376. The molecule has 0 amide bonds. The van der Waals surface area contributed by atoms with Gasteiger partial charge in [0.2, 0.25) is 0 Å². The van der Waals surface area contributed by atoms with Gasteiger partial charge in [-0.25, -0.2) is 0 Å². The van der Waals surface area contributed by atoms with E-state index < -0.39 is 0 Å². The van der Waals surface area contributed by atoms with Gasteiger partial charge in [-0.1, -0.05) is 22.0 Å². The summed E-state index contributed by atoms with van der Waals surface area (Å²) in [7, 11) is 0. The molecule has 0 radical (unpaired) electrons. The standard InChI is InChI=1S/C12H12BrNO/c13-7-1-3-9-5-6-11-10(12(9)15)4-2-8-14-11/h2,4-6,8,15H,1,3,7H2. The van der Waals surface area contributed by atoms with Crippen LogP contribution in [0.25, 0.3) is 10.9 Å². The highest BCUT2D eigenvalue weighted by molar-refractivity contribution is 9.09. The van der Waals surface area contributed by atoms with Gasteiger partial charge in [0.05, 0.1) is 5.52 Å². The van der Waals surface area contributed by atoms with Crippen LogP contribution in [0.15, 0.2) is 30.5 Å². The highest BCUT2D eigenvalue weighted by atomic mass is 79.9. The van der Waals surface area contributed by atoms with Crippen LogP contribution in [0.4, 0.5) is 0 Å². The molecule has 0 aliphatic heterocycles. The summed E-state index contributed by atoms with van der Waals surface area (Å²) in [5, 5.41) is 11.8. The molecule has 0 fully saturated rings. The van der Waals surface area contributed by atoms with Crippen LogP contribution < -0.4 is 0 Å². The summed E-state index contributed by atoms with van der Waals surface area (Å²) in [6.45, 7) is 0. The first-order valence-electron chi connectivity index (χ1n) is 4.94. The van der Waals surface area contributed by atoms with E-state index in [1.165, 1.54) is 0 Å². The van der Waals surface area contributed by atoms with Crippen molar-refractivity contribution in [1.29, 1.82) is 0 Å². The van der Waals surface area contributed by atoms with Crippen molar-refractivity contribution >= 4 is 26.8 Å². The Balaban J connectivity index is 2.45. The lowest BCUT2D eigenvalue weighted by Crippen LogP contribution is -1.89. The van der Waals surface area contributed by atoms with Crippen LogP contribution in [0, 0.1) is 0 Å². The molecule has 2 rings (SSSR count). The van der Waals surface area contributed by atoms with Crippen LogP contribution in [-0.2, 0) is 6.42 Å². The first-order valence-corrected chi connectivity index (χ1v) is 6.06. The minimum atomic E-state index is 0.376. The maximum Gasteiger partial charge on any atom is 0.128 e. The van der Waals surface area contributed by atoms with Crippen LogP contribution in [-0.4, -0.2) is 15.4 Å². The molecule has 0 saturated heterocycles. The van der Waals surface area contributed by atoms with Crippen molar-refractivity contribution in [1.82, 2.24) is 4.98 Å². The number of nitrogens with zero attached hydrogens (tertiary/aromatic N) is 1. The van der Waals surface area contributed by atoms with Crippen molar-refractivity contribution < 1.29 is 5.11 Å². The molecule has 0 unspecified atom stereocenters. The van der Waals surface area contributed by atoms with Crippen molar-refractivity contribution in [2.75, 3.05) is 5.33 Å². The second-order valence-corrected chi connectivity index (χ2v) is 4.23. The Bertz CT molecular complexity index is 470. The lowest BCUT2D eigenvalue weighted by Gasteiger charge is -2.06. The number of phenolic OH excluding ortho intramolecular Hbond substituents is 1. The molecule has 0 bridgehead atoms. The van der Waals surface area contributed by atoms with E-state index in [1.54, 1.807) is 6.20 Å². The van der Waals surface area contributed by atoms with Gasteiger partial charge in [0.1, 0.15) is 5.75 Å². The Hall–Kier alpha value is -1.09. The minimum Gasteiger partial charge on any atom is -0.507 e. The number of alkyl halides is 1. The number of fused-ring (bicyclic) bond motifs is 1. The van der Waals surface area contributed by atoms with Gasteiger partial charge in [0.15, 0.2) is 0 Å². The van der Waals surface area contributed by atoms with Crippen molar-refractivity contribution in [2.24, 2.45) is 0 Å². The Morgan fingerprint density at radius 2 is 2.13 bits per heavy atom. The molecule has 2 nitrogen and oxygen atoms in total. The number of pyridine rings is 1. The number of phenols is 1. The normalized spacial score (nSPS) is 10.7. The van der Waals surface area contributed by atoms with Crippen LogP contribution in [0.3, 0.4) is 0 Å². The summed E-state index contributed by atoms with van der Waals surface area (Å²) in [4.78, 5) is 4.19. The Morgan fingerprint density at radius 3 is 2.93 bits per heavy atom. The van der Waals surface area contributed by atoms with Crippen molar-refractivity contribution in [2.45, 2.75) is 12.8 Å². The number of rotatable bonds is 3. The number of aryl methyl sites for hydroxylation is 1. The molecule has 1 aromatic carbocycles. The largest absolute Gasteiger partial charge is 0.507 e. The zero-order valence-corrected chi connectivity index (χ0v) is 9.87. The molecule has 0 aliphatic carbocycles. The van der Waals surface area contributed by atoms with Crippen molar-refractivity contribution in [3.63, 3.8) is 0 Å². The van der Waals surface area contributed by atoms with Gasteiger partial charge in [-0.2, -0.15) is 0 Å². The van der Waals surface area contributed by atoms with E-state index in [0.717, 1.165) is 34.6 Å². The summed E-state index contributed by atoms with van der Waals surface area (Å²) >= 11 is 3.39. The number of benzene rings is 1. The third kappa shape index (κ3) is 2.12. The fraction of sp³-hybridized carbons (Fsp3) is 0.250. The molecule has 0 saturated carbocycles. The topological polar surface area (TPSA) is 33.1 Å². The average molecular weight is 266 g/mol. The molecular formula is C12H12BrNO. The average Bonchev–Trinajstić information content (AvgIpc) is 2.29. The van der Waals surface area contributed by atoms with Gasteiger partial charge in [-0.05, 0) is 36.6 Å². The van der Waals surface area contributed by atoms with Crippen LogP contribution in [0.2, 0.25) is 0 Å². The second-order valence-electron chi connectivity index (χ2n) is 3.44. The van der Waals surface area contributed by atoms with Crippen molar-refractivity contribution in [3.8, 4) is 5.75 Å². The maximum atomic E-state index is 10.0. The third-order valence-electron chi connectivity index (χ3n) is 2.42. The third-order valence-corrected chi connectivity index (χ3v) is 2.98. The van der Waals surface area contributed by atoms with E-state index in [4.69, 9.17) is 0 Å². The van der Waals surface area contributed by atoms with Gasteiger partial charge < -0.3 is 5.11 Å². The molecule has 1 heterocycles. The number of aromatic nitrogens is 1. The van der Waals surface area contributed by atoms with Gasteiger partial charge in [-0.15, -0.1) is 0 Å². The Morgan fingerprint density at radius 1 is 1.27 bits per heavy atom. The zero-order valence-electron chi connectivity index (χ0n) is 8.28. The SMILES string of the molecule is Oc1c(CCCBr)ccc2ncccc12. The fourth-order valence-corrected chi connectivity index (χ4v) is 1.92. The van der Waals surface area contributed by atoms with E-state index in [-0.39, 0.29) is 0 Å². The summed E-state index contributed by atoms with van der Waals surface area (Å²) in [5.41, 5.74) is 1.84. The maximum absolute atomic E-state index is 10.0. The minimum absolute atomic E-state index is 0.376. The molecule has 0 atom stereocenters. The van der Waals surface area contributed by atoms with E-state index in [2.05, 4.69) is 20.9 Å². The second kappa shape index (κ2) is 4.62. The van der Waals surface area contributed by atoms with E-state index in [0.29, 0.717) is 5.75 Å². The number of halogens is 1.